The molecule has 0 aliphatic heterocycles. The van der Waals surface area contributed by atoms with Crippen molar-refractivity contribution in [3.63, 3.8) is 0 Å². The normalized spacial score (nSPS) is 42.8. The molecular formula is C8H11NO4. The highest BCUT2D eigenvalue weighted by atomic mass is 16.4. The van der Waals surface area contributed by atoms with Gasteiger partial charge in [-0.05, 0) is 24.7 Å². The van der Waals surface area contributed by atoms with Crippen molar-refractivity contribution in [2.45, 2.75) is 25.3 Å². The molecule has 72 valence electrons. The molecule has 0 heterocycles. The van der Waals surface area contributed by atoms with E-state index >= 15 is 0 Å². The van der Waals surface area contributed by atoms with E-state index in [2.05, 4.69) is 0 Å². The molecule has 0 aromatic heterocycles. The maximum absolute atomic E-state index is 10.7. The van der Waals surface area contributed by atoms with Gasteiger partial charge in [-0.15, -0.1) is 0 Å². The molecule has 4 N–H and O–H groups in total. The Balaban J connectivity index is 2.04. The fourth-order valence-corrected chi connectivity index (χ4v) is 2.69. The third-order valence-electron chi connectivity index (χ3n) is 3.45. The molecule has 13 heavy (non-hydrogen) atoms. The number of carboxylic acids is 2. The predicted octanol–water partition coefficient (Wildman–Crippen LogP) is -0.347. The van der Waals surface area contributed by atoms with Gasteiger partial charge in [0.05, 0.1) is 5.41 Å². The zero-order valence-electron chi connectivity index (χ0n) is 6.99. The maximum atomic E-state index is 10.7. The molecule has 3 fully saturated rings. The third kappa shape index (κ3) is 0.798. The van der Waals surface area contributed by atoms with Gasteiger partial charge < -0.3 is 15.9 Å². The van der Waals surface area contributed by atoms with E-state index in [-0.39, 0.29) is 0 Å². The van der Waals surface area contributed by atoms with Crippen molar-refractivity contribution in [2.75, 3.05) is 0 Å². The summed E-state index contributed by atoms with van der Waals surface area (Å²) in [6, 6.07) is -0.895. The summed E-state index contributed by atoms with van der Waals surface area (Å²) in [7, 11) is 0. The van der Waals surface area contributed by atoms with Crippen molar-refractivity contribution >= 4 is 11.9 Å². The van der Waals surface area contributed by atoms with Crippen LogP contribution in [-0.4, -0.2) is 28.2 Å². The summed E-state index contributed by atoms with van der Waals surface area (Å²) in [5.74, 6) is -1.84. The van der Waals surface area contributed by atoms with E-state index in [4.69, 9.17) is 15.9 Å². The van der Waals surface area contributed by atoms with Gasteiger partial charge in [-0.25, -0.2) is 0 Å². The van der Waals surface area contributed by atoms with E-state index in [0.717, 1.165) is 0 Å². The highest BCUT2D eigenvalue weighted by Crippen LogP contribution is 2.74. The van der Waals surface area contributed by atoms with Crippen molar-refractivity contribution in [2.24, 2.45) is 16.6 Å². The Kier molecular flexibility index (Phi) is 1.33. The summed E-state index contributed by atoms with van der Waals surface area (Å²) in [6.45, 7) is 0. The molecule has 5 nitrogen and oxygen atoms in total. The average molecular weight is 185 g/mol. The van der Waals surface area contributed by atoms with E-state index in [0.29, 0.717) is 19.3 Å². The number of rotatable bonds is 3. The van der Waals surface area contributed by atoms with Crippen LogP contribution in [0.5, 0.6) is 0 Å². The van der Waals surface area contributed by atoms with Gasteiger partial charge in [0.15, 0.2) is 0 Å². The van der Waals surface area contributed by atoms with E-state index in [1.807, 2.05) is 0 Å². The molecular weight excluding hydrogens is 174 g/mol. The molecule has 1 atom stereocenters. The standard InChI is InChI=1S/C8H11NO4/c9-4(5(10)11)7-1-8(2-7,3-7)6(12)13/h4H,1-3,9H2,(H,10,11)(H,12,13)/t4-,7?,8?/m1/s1. The molecule has 0 radical (unpaired) electrons. The predicted molar refractivity (Wildman–Crippen MR) is 42.0 cm³/mol. The van der Waals surface area contributed by atoms with Crippen LogP contribution < -0.4 is 5.73 Å². The smallest absolute Gasteiger partial charge is 0.321 e. The van der Waals surface area contributed by atoms with Crippen LogP contribution in [0.1, 0.15) is 19.3 Å². The molecule has 0 unspecified atom stereocenters. The highest BCUT2D eigenvalue weighted by molar-refractivity contribution is 5.83. The second kappa shape index (κ2) is 2.04. The number of nitrogens with two attached hydrogens (primary N) is 1. The minimum Gasteiger partial charge on any atom is -0.481 e. The number of carboxylic acid groups (broad SMARTS) is 2. The van der Waals surface area contributed by atoms with Crippen LogP contribution in [-0.2, 0) is 9.59 Å². The number of hydrogen-bond acceptors (Lipinski definition) is 3. The summed E-state index contributed by atoms with van der Waals surface area (Å²) in [4.78, 5) is 21.3. The van der Waals surface area contributed by atoms with E-state index < -0.39 is 28.8 Å². The second-order valence-corrected chi connectivity index (χ2v) is 4.29. The molecule has 5 heteroatoms. The van der Waals surface area contributed by atoms with E-state index in [1.54, 1.807) is 0 Å². The fourth-order valence-electron chi connectivity index (χ4n) is 2.69. The van der Waals surface area contributed by atoms with Crippen LogP contribution in [0.15, 0.2) is 0 Å². The third-order valence-corrected chi connectivity index (χ3v) is 3.45. The first-order chi connectivity index (χ1) is 5.92. The zero-order valence-corrected chi connectivity index (χ0v) is 6.99. The molecule has 0 aromatic rings. The van der Waals surface area contributed by atoms with Gasteiger partial charge in [0.1, 0.15) is 6.04 Å². The lowest BCUT2D eigenvalue weighted by molar-refractivity contribution is -0.232. The molecule has 3 aliphatic rings. The van der Waals surface area contributed by atoms with Crippen molar-refractivity contribution in [3.8, 4) is 0 Å². The second-order valence-electron chi connectivity index (χ2n) is 4.29. The molecule has 3 aliphatic carbocycles. The first kappa shape index (κ1) is 8.50. The minimum absolute atomic E-state index is 0.412. The van der Waals surface area contributed by atoms with Gasteiger partial charge >= 0.3 is 11.9 Å². The summed E-state index contributed by atoms with van der Waals surface area (Å²) in [5.41, 5.74) is 4.42. The zero-order chi connectivity index (χ0) is 9.85. The number of aliphatic carboxylic acids is 2. The summed E-state index contributed by atoms with van der Waals surface area (Å²) >= 11 is 0. The molecule has 2 bridgehead atoms. The molecule has 3 saturated carbocycles. The van der Waals surface area contributed by atoms with E-state index in [9.17, 15) is 9.59 Å². The Morgan fingerprint density at radius 2 is 1.69 bits per heavy atom. The van der Waals surface area contributed by atoms with Gasteiger partial charge in [0, 0.05) is 0 Å². The number of carbonyl (C=O) groups is 2. The van der Waals surface area contributed by atoms with Crippen LogP contribution in [0.3, 0.4) is 0 Å². The topological polar surface area (TPSA) is 101 Å². The Hall–Kier alpha value is -1.10. The largest absolute Gasteiger partial charge is 0.481 e. The Morgan fingerprint density at radius 1 is 1.23 bits per heavy atom. The Labute approximate surface area is 74.5 Å². The first-order valence-corrected chi connectivity index (χ1v) is 4.14. The van der Waals surface area contributed by atoms with Gasteiger partial charge in [-0.2, -0.15) is 0 Å². The summed E-state index contributed by atoms with van der Waals surface area (Å²) < 4.78 is 0. The highest BCUT2D eigenvalue weighted by Gasteiger charge is 2.74. The molecule has 0 spiro atoms. The summed E-state index contributed by atoms with van der Waals surface area (Å²) in [6.07, 6.45) is 1.30. The average Bonchev–Trinajstić information content (AvgIpc) is 1.79. The number of hydrogen-bond donors (Lipinski definition) is 3. The Bertz CT molecular complexity index is 279. The lowest BCUT2D eigenvalue weighted by atomic mass is 9.33. The molecule has 3 rings (SSSR count). The van der Waals surface area contributed by atoms with Crippen LogP contribution in [0.25, 0.3) is 0 Å². The van der Waals surface area contributed by atoms with Gasteiger partial charge in [-0.1, -0.05) is 0 Å². The fraction of sp³-hybridized carbons (Fsp3) is 0.750. The maximum Gasteiger partial charge on any atom is 0.321 e. The van der Waals surface area contributed by atoms with Crippen molar-refractivity contribution in [1.82, 2.24) is 0 Å². The van der Waals surface area contributed by atoms with Crippen molar-refractivity contribution in [3.05, 3.63) is 0 Å². The first-order valence-electron chi connectivity index (χ1n) is 4.14. The minimum atomic E-state index is -1.03. The monoisotopic (exact) mass is 185 g/mol. The van der Waals surface area contributed by atoms with Crippen LogP contribution >= 0.6 is 0 Å². The lowest BCUT2D eigenvalue weighted by Crippen LogP contribution is -2.72. The summed E-state index contributed by atoms with van der Waals surface area (Å²) in [5, 5.41) is 17.4. The van der Waals surface area contributed by atoms with E-state index in [1.165, 1.54) is 0 Å². The van der Waals surface area contributed by atoms with Crippen LogP contribution in [0, 0.1) is 10.8 Å². The van der Waals surface area contributed by atoms with Crippen LogP contribution in [0.4, 0.5) is 0 Å². The van der Waals surface area contributed by atoms with Gasteiger partial charge in [0.25, 0.3) is 0 Å². The molecule has 0 aromatic carbocycles. The van der Waals surface area contributed by atoms with Gasteiger partial charge in [-0.3, -0.25) is 9.59 Å². The molecule has 0 saturated heterocycles. The quantitative estimate of drug-likeness (QED) is 0.558. The van der Waals surface area contributed by atoms with Crippen molar-refractivity contribution in [1.29, 1.82) is 0 Å². The van der Waals surface area contributed by atoms with Crippen molar-refractivity contribution < 1.29 is 19.8 Å². The molecule has 0 amide bonds. The Morgan fingerprint density at radius 3 is 2.00 bits per heavy atom. The van der Waals surface area contributed by atoms with Gasteiger partial charge in [0.2, 0.25) is 0 Å². The lowest BCUT2D eigenvalue weighted by Gasteiger charge is -2.69. The van der Waals surface area contributed by atoms with Crippen LogP contribution in [0.2, 0.25) is 0 Å². The SMILES string of the molecule is N[C@H](C(=O)O)C12CC(C(=O)O)(C1)C2.